The highest BCUT2D eigenvalue weighted by Gasteiger charge is 2.59. The first-order valence-corrected chi connectivity index (χ1v) is 8.90. The van der Waals surface area contributed by atoms with E-state index in [-0.39, 0.29) is 29.1 Å². The predicted molar refractivity (Wildman–Crippen MR) is 90.8 cm³/mol. The number of fused-ring (bicyclic) bond motifs is 3. The molecule has 3 nitrogen and oxygen atoms in total. The lowest BCUT2D eigenvalue weighted by molar-refractivity contribution is -0.124. The summed E-state index contributed by atoms with van der Waals surface area (Å²) in [6.45, 7) is 10.6. The van der Waals surface area contributed by atoms with Crippen LogP contribution >= 0.6 is 0 Å². The number of ketones is 1. The third-order valence-electron chi connectivity index (χ3n) is 7.19. The minimum atomic E-state index is -0.654. The molecule has 0 aromatic rings. The maximum absolute atomic E-state index is 12.5. The molecule has 0 spiro atoms. The van der Waals surface area contributed by atoms with E-state index in [9.17, 15) is 15.0 Å². The lowest BCUT2D eigenvalue weighted by atomic mass is 9.50. The van der Waals surface area contributed by atoms with Gasteiger partial charge in [-0.2, -0.15) is 0 Å². The largest absolute Gasteiger partial charge is 0.392 e. The summed E-state index contributed by atoms with van der Waals surface area (Å²) in [4.78, 5) is 12.5. The number of allylic oxidation sites excluding steroid dienone is 1. The molecule has 0 amide bonds. The van der Waals surface area contributed by atoms with E-state index < -0.39 is 6.10 Å². The molecule has 0 radical (unpaired) electrons. The van der Waals surface area contributed by atoms with Crippen LogP contribution in [0.15, 0.2) is 23.8 Å². The molecule has 0 unspecified atom stereocenters. The van der Waals surface area contributed by atoms with Crippen molar-refractivity contribution in [2.45, 2.75) is 59.0 Å². The number of hydrogen-bond acceptors (Lipinski definition) is 3. The minimum absolute atomic E-state index is 0.00465. The van der Waals surface area contributed by atoms with Crippen molar-refractivity contribution < 1.29 is 15.0 Å². The van der Waals surface area contributed by atoms with Gasteiger partial charge in [-0.3, -0.25) is 4.79 Å². The van der Waals surface area contributed by atoms with E-state index >= 15 is 0 Å². The minimum Gasteiger partial charge on any atom is -0.392 e. The number of rotatable bonds is 2. The highest BCUT2D eigenvalue weighted by Crippen LogP contribution is 2.65. The molecule has 0 aromatic heterocycles. The van der Waals surface area contributed by atoms with Gasteiger partial charge in [-0.05, 0) is 67.3 Å². The summed E-state index contributed by atoms with van der Waals surface area (Å²) in [5.41, 5.74) is 1.64. The van der Waals surface area contributed by atoms with Crippen LogP contribution in [0.4, 0.5) is 0 Å². The standard InChI is InChI=1S/C20H30O3/c1-12(2)14-5-6-19(3)7-8-20(4)10-16(23)13(11-21)9-15(22)18(20)17(14)19/h9,14-15,17-18,21-22H,1,5-8,10-11H2,2-4H3/t14-,15-,17-,18+,19+,20-/m0/s1. The van der Waals surface area contributed by atoms with Gasteiger partial charge in [-0.1, -0.05) is 26.0 Å². The van der Waals surface area contributed by atoms with Crippen LogP contribution in [-0.2, 0) is 4.79 Å². The number of carbonyl (C=O) groups excluding carboxylic acids is 1. The molecular formula is C20H30O3. The summed E-state index contributed by atoms with van der Waals surface area (Å²) >= 11 is 0. The Morgan fingerprint density at radius 1 is 1.26 bits per heavy atom. The van der Waals surface area contributed by atoms with E-state index in [1.165, 1.54) is 12.0 Å². The molecule has 6 atom stereocenters. The van der Waals surface area contributed by atoms with Crippen molar-refractivity contribution in [1.29, 1.82) is 0 Å². The molecule has 2 N–H and O–H groups in total. The Labute approximate surface area is 139 Å². The molecule has 2 fully saturated rings. The summed E-state index contributed by atoms with van der Waals surface area (Å²) in [5.74, 6) is 0.873. The lowest BCUT2D eigenvalue weighted by Crippen LogP contribution is -2.51. The van der Waals surface area contributed by atoms with Crippen molar-refractivity contribution in [2.24, 2.45) is 28.6 Å². The average Bonchev–Trinajstić information content (AvgIpc) is 2.77. The van der Waals surface area contributed by atoms with Crippen LogP contribution in [0.5, 0.6) is 0 Å². The first kappa shape index (κ1) is 16.9. The molecule has 0 saturated heterocycles. The van der Waals surface area contributed by atoms with Crippen LogP contribution in [0.25, 0.3) is 0 Å². The van der Waals surface area contributed by atoms with Gasteiger partial charge < -0.3 is 10.2 Å². The highest BCUT2D eigenvalue weighted by molar-refractivity contribution is 5.96. The molecule has 23 heavy (non-hydrogen) atoms. The highest BCUT2D eigenvalue weighted by atomic mass is 16.3. The number of carbonyl (C=O) groups is 1. The second-order valence-corrected chi connectivity index (χ2v) is 8.79. The fourth-order valence-electron chi connectivity index (χ4n) is 5.87. The fraction of sp³-hybridized carbons (Fsp3) is 0.750. The van der Waals surface area contributed by atoms with Crippen LogP contribution < -0.4 is 0 Å². The summed E-state index contributed by atoms with van der Waals surface area (Å²) in [6.07, 6.45) is 5.83. The van der Waals surface area contributed by atoms with Gasteiger partial charge in [0.25, 0.3) is 0 Å². The number of aliphatic hydroxyl groups excluding tert-OH is 2. The van der Waals surface area contributed by atoms with Crippen LogP contribution in [0.1, 0.15) is 52.9 Å². The van der Waals surface area contributed by atoms with Gasteiger partial charge in [-0.25, -0.2) is 0 Å². The van der Waals surface area contributed by atoms with Gasteiger partial charge in [0, 0.05) is 12.0 Å². The van der Waals surface area contributed by atoms with Gasteiger partial charge >= 0.3 is 0 Å². The molecule has 0 aliphatic heterocycles. The van der Waals surface area contributed by atoms with E-state index in [1.807, 2.05) is 0 Å². The maximum Gasteiger partial charge on any atom is 0.161 e. The summed E-state index contributed by atoms with van der Waals surface area (Å²) in [6, 6.07) is 0. The average molecular weight is 318 g/mol. The third kappa shape index (κ3) is 2.53. The van der Waals surface area contributed by atoms with Gasteiger partial charge in [0.1, 0.15) is 0 Å². The van der Waals surface area contributed by atoms with E-state index in [0.29, 0.717) is 23.8 Å². The lowest BCUT2D eigenvalue weighted by Gasteiger charge is -2.54. The molecular weight excluding hydrogens is 288 g/mol. The first-order chi connectivity index (χ1) is 10.7. The zero-order chi connectivity index (χ0) is 17.0. The Morgan fingerprint density at radius 3 is 2.52 bits per heavy atom. The van der Waals surface area contributed by atoms with Crippen molar-refractivity contribution >= 4 is 5.78 Å². The molecule has 3 aliphatic carbocycles. The van der Waals surface area contributed by atoms with Crippen molar-refractivity contribution in [3.8, 4) is 0 Å². The Bertz CT molecular complexity index is 563. The van der Waals surface area contributed by atoms with Crippen LogP contribution in [0.2, 0.25) is 0 Å². The van der Waals surface area contributed by atoms with E-state index in [2.05, 4.69) is 27.4 Å². The maximum atomic E-state index is 12.5. The number of aliphatic hydroxyl groups is 2. The number of Topliss-reactive ketones (excluding diaryl/α,β-unsaturated/α-hetero) is 1. The Balaban J connectivity index is 2.07. The predicted octanol–water partition coefficient (Wildman–Crippen LogP) is 3.26. The monoisotopic (exact) mass is 318 g/mol. The summed E-state index contributed by atoms with van der Waals surface area (Å²) in [5, 5.41) is 20.4. The Hall–Kier alpha value is -0.930. The zero-order valence-electron chi connectivity index (χ0n) is 14.6. The molecule has 3 aliphatic rings. The Kier molecular flexibility index (Phi) is 4.09. The van der Waals surface area contributed by atoms with Gasteiger partial charge in [0.05, 0.1) is 12.7 Å². The van der Waals surface area contributed by atoms with E-state index in [1.54, 1.807) is 6.08 Å². The van der Waals surface area contributed by atoms with Crippen molar-refractivity contribution in [1.82, 2.24) is 0 Å². The fourth-order valence-corrected chi connectivity index (χ4v) is 5.87. The molecule has 0 bridgehead atoms. The second kappa shape index (κ2) is 5.56. The first-order valence-electron chi connectivity index (χ1n) is 8.90. The van der Waals surface area contributed by atoms with Crippen molar-refractivity contribution in [3.63, 3.8) is 0 Å². The number of hydrogen-bond donors (Lipinski definition) is 2. The molecule has 3 heteroatoms. The topological polar surface area (TPSA) is 57.5 Å². The van der Waals surface area contributed by atoms with Crippen LogP contribution in [0.3, 0.4) is 0 Å². The van der Waals surface area contributed by atoms with E-state index in [0.717, 1.165) is 19.3 Å². The zero-order valence-corrected chi connectivity index (χ0v) is 14.6. The molecule has 3 rings (SSSR count). The van der Waals surface area contributed by atoms with Gasteiger partial charge in [-0.15, -0.1) is 0 Å². The summed E-state index contributed by atoms with van der Waals surface area (Å²) in [7, 11) is 0. The van der Waals surface area contributed by atoms with Gasteiger partial charge in [0.15, 0.2) is 5.78 Å². The van der Waals surface area contributed by atoms with Crippen LogP contribution in [-0.4, -0.2) is 28.7 Å². The molecule has 2 saturated carbocycles. The second-order valence-electron chi connectivity index (χ2n) is 8.79. The van der Waals surface area contributed by atoms with E-state index in [4.69, 9.17) is 0 Å². The third-order valence-corrected chi connectivity index (χ3v) is 7.19. The summed E-state index contributed by atoms with van der Waals surface area (Å²) < 4.78 is 0. The Morgan fingerprint density at radius 2 is 1.91 bits per heavy atom. The molecule has 0 heterocycles. The molecule has 0 aromatic carbocycles. The van der Waals surface area contributed by atoms with Gasteiger partial charge in [0.2, 0.25) is 0 Å². The SMILES string of the molecule is C=C(C)[C@@H]1CC[C@]2(C)CC[C@@]3(C)CC(=O)C(CO)=C[C@H](O)[C@@H]3[C@H]12. The van der Waals surface area contributed by atoms with Crippen molar-refractivity contribution in [3.05, 3.63) is 23.8 Å². The normalized spacial score (nSPS) is 46.7. The smallest absolute Gasteiger partial charge is 0.161 e. The molecule has 128 valence electrons. The van der Waals surface area contributed by atoms with Crippen LogP contribution in [0, 0.1) is 28.6 Å². The quantitative estimate of drug-likeness (QED) is 0.768. The van der Waals surface area contributed by atoms with Crippen molar-refractivity contribution in [2.75, 3.05) is 6.61 Å².